The third-order valence-electron chi connectivity index (χ3n) is 2.49. The predicted molar refractivity (Wildman–Crippen MR) is 67.6 cm³/mol. The lowest BCUT2D eigenvalue weighted by molar-refractivity contribution is 0.308. The van der Waals surface area contributed by atoms with Crippen LogP contribution in [0.2, 0.25) is 10.0 Å². The van der Waals surface area contributed by atoms with Crippen LogP contribution in [0.25, 0.3) is 0 Å². The maximum Gasteiger partial charge on any atom is 0.120 e. The highest BCUT2D eigenvalue weighted by Crippen LogP contribution is 2.26. The first-order valence-electron chi connectivity index (χ1n) is 5.57. The number of benzene rings is 1. The van der Waals surface area contributed by atoms with Crippen molar-refractivity contribution in [3.63, 3.8) is 0 Å². The Bertz CT molecular complexity index is 353. The molecule has 0 spiro atoms. The van der Waals surface area contributed by atoms with Crippen molar-refractivity contribution in [1.82, 2.24) is 5.32 Å². The van der Waals surface area contributed by atoms with Crippen molar-refractivity contribution in [3.8, 4) is 5.75 Å². The van der Waals surface area contributed by atoms with Crippen molar-refractivity contribution in [2.45, 2.75) is 25.3 Å². The van der Waals surface area contributed by atoms with E-state index in [0.717, 1.165) is 24.8 Å². The molecule has 0 amide bonds. The summed E-state index contributed by atoms with van der Waals surface area (Å²) in [4.78, 5) is 0. The molecule has 2 nitrogen and oxygen atoms in total. The molecule has 0 saturated heterocycles. The molecule has 88 valence electrons. The fourth-order valence-corrected chi connectivity index (χ4v) is 1.71. The first-order valence-corrected chi connectivity index (χ1v) is 6.32. The van der Waals surface area contributed by atoms with Crippen LogP contribution in [-0.4, -0.2) is 19.2 Å². The summed E-state index contributed by atoms with van der Waals surface area (Å²) in [6, 6.07) is 6.10. The third kappa shape index (κ3) is 3.85. The van der Waals surface area contributed by atoms with Gasteiger partial charge in [-0.05, 0) is 37.9 Å². The van der Waals surface area contributed by atoms with Crippen molar-refractivity contribution in [2.75, 3.05) is 13.2 Å². The van der Waals surface area contributed by atoms with Crippen LogP contribution in [0.4, 0.5) is 0 Å². The molecule has 0 aromatic heterocycles. The maximum absolute atomic E-state index is 5.88. The summed E-state index contributed by atoms with van der Waals surface area (Å²) < 4.78 is 5.56. The summed E-state index contributed by atoms with van der Waals surface area (Å²) in [6.45, 7) is 1.73. The molecule has 1 aromatic carbocycles. The summed E-state index contributed by atoms with van der Waals surface area (Å²) in [7, 11) is 0. The molecule has 0 unspecified atom stereocenters. The van der Waals surface area contributed by atoms with Crippen LogP contribution in [0.5, 0.6) is 5.75 Å². The Morgan fingerprint density at radius 2 is 2.06 bits per heavy atom. The van der Waals surface area contributed by atoms with Crippen LogP contribution in [0.1, 0.15) is 19.3 Å². The van der Waals surface area contributed by atoms with Crippen LogP contribution in [0.15, 0.2) is 18.2 Å². The first-order chi connectivity index (χ1) is 7.75. The summed E-state index contributed by atoms with van der Waals surface area (Å²) in [6.07, 6.45) is 3.66. The first kappa shape index (κ1) is 12.0. The zero-order chi connectivity index (χ0) is 11.4. The van der Waals surface area contributed by atoms with Gasteiger partial charge in [-0.3, -0.25) is 0 Å². The van der Waals surface area contributed by atoms with E-state index in [1.54, 1.807) is 12.1 Å². The Morgan fingerprint density at radius 1 is 1.25 bits per heavy atom. The second kappa shape index (κ2) is 5.76. The van der Waals surface area contributed by atoms with E-state index < -0.39 is 0 Å². The average Bonchev–Trinajstić information content (AvgIpc) is 3.07. The Balaban J connectivity index is 1.65. The van der Waals surface area contributed by atoms with Crippen molar-refractivity contribution >= 4 is 23.2 Å². The van der Waals surface area contributed by atoms with Gasteiger partial charge in [0.25, 0.3) is 0 Å². The van der Waals surface area contributed by atoms with Gasteiger partial charge in [0.2, 0.25) is 0 Å². The van der Waals surface area contributed by atoms with E-state index in [4.69, 9.17) is 27.9 Å². The standard InChI is InChI=1S/C12H15Cl2NO/c13-11-5-4-10(8-12(11)14)16-7-1-6-15-9-2-3-9/h4-5,8-9,15H,1-3,6-7H2. The van der Waals surface area contributed by atoms with Crippen LogP contribution in [0.3, 0.4) is 0 Å². The van der Waals surface area contributed by atoms with E-state index >= 15 is 0 Å². The molecule has 4 heteroatoms. The predicted octanol–water partition coefficient (Wildman–Crippen LogP) is 3.51. The molecule has 1 N–H and O–H groups in total. The van der Waals surface area contributed by atoms with Gasteiger partial charge in [-0.1, -0.05) is 23.2 Å². The van der Waals surface area contributed by atoms with Gasteiger partial charge in [0.1, 0.15) is 5.75 Å². The molecule has 0 radical (unpaired) electrons. The maximum atomic E-state index is 5.88. The zero-order valence-corrected chi connectivity index (χ0v) is 10.5. The van der Waals surface area contributed by atoms with E-state index in [1.165, 1.54) is 12.8 Å². The topological polar surface area (TPSA) is 21.3 Å². The van der Waals surface area contributed by atoms with Gasteiger partial charge in [-0.25, -0.2) is 0 Å². The highest BCUT2D eigenvalue weighted by molar-refractivity contribution is 6.42. The monoisotopic (exact) mass is 259 g/mol. The van der Waals surface area contributed by atoms with Gasteiger partial charge in [-0.15, -0.1) is 0 Å². The smallest absolute Gasteiger partial charge is 0.120 e. The second-order valence-corrected chi connectivity index (χ2v) is 4.82. The minimum Gasteiger partial charge on any atom is -0.493 e. The molecule has 1 fully saturated rings. The summed E-state index contributed by atoms with van der Waals surface area (Å²) >= 11 is 11.7. The van der Waals surface area contributed by atoms with Gasteiger partial charge in [0.15, 0.2) is 0 Å². The number of hydrogen-bond donors (Lipinski definition) is 1. The molecule has 0 heterocycles. The number of nitrogens with one attached hydrogen (secondary N) is 1. The van der Waals surface area contributed by atoms with Gasteiger partial charge in [-0.2, -0.15) is 0 Å². The van der Waals surface area contributed by atoms with Crippen molar-refractivity contribution in [2.24, 2.45) is 0 Å². The molecular weight excluding hydrogens is 245 g/mol. The van der Waals surface area contributed by atoms with Gasteiger partial charge in [0.05, 0.1) is 16.7 Å². The Morgan fingerprint density at radius 3 is 2.75 bits per heavy atom. The molecule has 0 bridgehead atoms. The molecule has 16 heavy (non-hydrogen) atoms. The van der Waals surface area contributed by atoms with Crippen LogP contribution >= 0.6 is 23.2 Å². The lowest BCUT2D eigenvalue weighted by Gasteiger charge is -2.07. The summed E-state index contributed by atoms with van der Waals surface area (Å²) in [5.74, 6) is 0.779. The molecule has 2 rings (SSSR count). The van der Waals surface area contributed by atoms with Crippen LogP contribution < -0.4 is 10.1 Å². The van der Waals surface area contributed by atoms with E-state index in [1.807, 2.05) is 6.07 Å². The highest BCUT2D eigenvalue weighted by atomic mass is 35.5. The third-order valence-corrected chi connectivity index (χ3v) is 3.23. The fourth-order valence-electron chi connectivity index (χ4n) is 1.42. The molecule has 0 aliphatic heterocycles. The fraction of sp³-hybridized carbons (Fsp3) is 0.500. The van der Waals surface area contributed by atoms with E-state index in [2.05, 4.69) is 5.32 Å². The summed E-state index contributed by atoms with van der Waals surface area (Å²) in [5, 5.41) is 4.53. The minimum atomic E-state index is 0.537. The molecule has 1 aromatic rings. The van der Waals surface area contributed by atoms with Gasteiger partial charge < -0.3 is 10.1 Å². The van der Waals surface area contributed by atoms with E-state index in [0.29, 0.717) is 16.7 Å². The number of hydrogen-bond acceptors (Lipinski definition) is 2. The van der Waals surface area contributed by atoms with Crippen molar-refractivity contribution in [3.05, 3.63) is 28.2 Å². The zero-order valence-electron chi connectivity index (χ0n) is 9.01. The Kier molecular flexibility index (Phi) is 4.33. The number of rotatable bonds is 6. The quantitative estimate of drug-likeness (QED) is 0.790. The Labute approximate surface area is 106 Å². The Hall–Kier alpha value is -0.440. The molecule has 0 atom stereocenters. The SMILES string of the molecule is Clc1ccc(OCCCNC2CC2)cc1Cl. The largest absolute Gasteiger partial charge is 0.493 e. The lowest BCUT2D eigenvalue weighted by Crippen LogP contribution is -2.19. The molecule has 1 saturated carbocycles. The summed E-state index contributed by atoms with van der Waals surface area (Å²) in [5.41, 5.74) is 0. The average molecular weight is 260 g/mol. The normalized spacial score (nSPS) is 15.1. The van der Waals surface area contributed by atoms with Crippen molar-refractivity contribution < 1.29 is 4.74 Å². The highest BCUT2D eigenvalue weighted by Gasteiger charge is 2.19. The van der Waals surface area contributed by atoms with Crippen molar-refractivity contribution in [1.29, 1.82) is 0 Å². The van der Waals surface area contributed by atoms with Crippen LogP contribution in [-0.2, 0) is 0 Å². The van der Waals surface area contributed by atoms with Gasteiger partial charge >= 0.3 is 0 Å². The lowest BCUT2D eigenvalue weighted by atomic mass is 10.3. The molecule has 1 aliphatic carbocycles. The van der Waals surface area contributed by atoms with E-state index in [9.17, 15) is 0 Å². The van der Waals surface area contributed by atoms with E-state index in [-0.39, 0.29) is 0 Å². The second-order valence-electron chi connectivity index (χ2n) is 4.01. The molecular formula is C12H15Cl2NO. The molecule has 1 aliphatic rings. The number of ether oxygens (including phenoxy) is 1. The minimum absolute atomic E-state index is 0.537. The van der Waals surface area contributed by atoms with Crippen LogP contribution in [0, 0.1) is 0 Å². The number of halogens is 2. The van der Waals surface area contributed by atoms with Gasteiger partial charge in [0, 0.05) is 12.1 Å².